The van der Waals surface area contributed by atoms with Crippen molar-refractivity contribution in [3.63, 3.8) is 0 Å². The molecule has 100 valence electrons. The summed E-state index contributed by atoms with van der Waals surface area (Å²) in [5.41, 5.74) is 2.92. The maximum absolute atomic E-state index is 12.1. The Hall–Kier alpha value is -2.60. The first-order chi connectivity index (χ1) is 9.70. The number of carbonyl (C=O) groups excluding carboxylic acids is 1. The van der Waals surface area contributed by atoms with Gasteiger partial charge in [-0.1, -0.05) is 60.2 Å². The molecular weight excluding hydrogens is 248 g/mol. The maximum atomic E-state index is 12.1. The van der Waals surface area contributed by atoms with Crippen molar-refractivity contribution in [2.45, 2.75) is 19.4 Å². The molecule has 0 spiro atoms. The van der Waals surface area contributed by atoms with Crippen molar-refractivity contribution in [3.8, 4) is 6.07 Å². The van der Waals surface area contributed by atoms with E-state index in [9.17, 15) is 10.1 Å². The highest BCUT2D eigenvalue weighted by Gasteiger charge is 2.19. The Bertz CT molecular complexity index is 612. The molecule has 2 aromatic rings. The highest BCUT2D eigenvalue weighted by molar-refractivity contribution is 5.86. The predicted octanol–water partition coefficient (Wildman–Crippen LogP) is 2.92. The molecule has 3 heteroatoms. The molecule has 0 heterocycles. The first-order valence-corrected chi connectivity index (χ1v) is 6.48. The summed E-state index contributed by atoms with van der Waals surface area (Å²) < 4.78 is 0. The molecular formula is C17H16N2O. The Morgan fingerprint density at radius 2 is 1.80 bits per heavy atom. The number of carbonyl (C=O) groups is 1. The lowest BCUT2D eigenvalue weighted by molar-refractivity contribution is -0.121. The van der Waals surface area contributed by atoms with Gasteiger partial charge in [-0.15, -0.1) is 0 Å². The molecule has 2 rings (SSSR count). The molecule has 1 unspecified atom stereocenters. The molecule has 1 N–H and O–H groups in total. The number of benzene rings is 2. The van der Waals surface area contributed by atoms with Crippen LogP contribution in [0.4, 0.5) is 0 Å². The topological polar surface area (TPSA) is 52.9 Å². The quantitative estimate of drug-likeness (QED) is 0.923. The average Bonchev–Trinajstić information content (AvgIpc) is 2.48. The fourth-order valence-corrected chi connectivity index (χ4v) is 1.93. The Kier molecular flexibility index (Phi) is 4.52. The summed E-state index contributed by atoms with van der Waals surface area (Å²) in [5.74, 6) is -1.03. The van der Waals surface area contributed by atoms with Crippen molar-refractivity contribution in [3.05, 3.63) is 71.3 Å². The monoisotopic (exact) mass is 264 g/mol. The number of aryl methyl sites for hydroxylation is 1. The van der Waals surface area contributed by atoms with E-state index in [4.69, 9.17) is 0 Å². The van der Waals surface area contributed by atoms with Gasteiger partial charge in [0, 0.05) is 6.54 Å². The van der Waals surface area contributed by atoms with Crippen LogP contribution in [0.2, 0.25) is 0 Å². The first-order valence-electron chi connectivity index (χ1n) is 6.48. The van der Waals surface area contributed by atoms with Gasteiger partial charge in [-0.3, -0.25) is 4.79 Å². The summed E-state index contributed by atoms with van der Waals surface area (Å²) in [5, 5.41) is 12.0. The number of hydrogen-bond acceptors (Lipinski definition) is 2. The van der Waals surface area contributed by atoms with Gasteiger partial charge in [0.2, 0.25) is 5.91 Å². The van der Waals surface area contributed by atoms with Crippen molar-refractivity contribution in [1.29, 1.82) is 5.26 Å². The van der Waals surface area contributed by atoms with Crippen molar-refractivity contribution in [2.24, 2.45) is 0 Å². The summed E-state index contributed by atoms with van der Waals surface area (Å²) in [6.07, 6.45) is 0. The minimum absolute atomic E-state index is 0.265. The van der Waals surface area contributed by atoms with Gasteiger partial charge in [-0.05, 0) is 18.1 Å². The third kappa shape index (κ3) is 3.46. The van der Waals surface area contributed by atoms with Crippen LogP contribution in [0.1, 0.15) is 22.6 Å². The van der Waals surface area contributed by atoms with Gasteiger partial charge in [0.1, 0.15) is 5.92 Å². The van der Waals surface area contributed by atoms with Crippen LogP contribution in [-0.2, 0) is 11.3 Å². The minimum Gasteiger partial charge on any atom is -0.351 e. The molecule has 1 amide bonds. The summed E-state index contributed by atoms with van der Waals surface area (Å²) in [7, 11) is 0. The van der Waals surface area contributed by atoms with Crippen LogP contribution in [0, 0.1) is 18.3 Å². The second-order valence-corrected chi connectivity index (χ2v) is 4.68. The predicted molar refractivity (Wildman–Crippen MR) is 77.8 cm³/mol. The van der Waals surface area contributed by atoms with Crippen molar-refractivity contribution >= 4 is 5.91 Å². The molecule has 0 aliphatic carbocycles. The van der Waals surface area contributed by atoms with Crippen LogP contribution in [0.3, 0.4) is 0 Å². The van der Waals surface area contributed by atoms with Gasteiger partial charge in [0.05, 0.1) is 6.07 Å². The van der Waals surface area contributed by atoms with E-state index in [0.717, 1.165) is 11.1 Å². The van der Waals surface area contributed by atoms with Crippen LogP contribution < -0.4 is 5.32 Å². The van der Waals surface area contributed by atoms with Crippen molar-refractivity contribution < 1.29 is 4.79 Å². The Morgan fingerprint density at radius 1 is 1.15 bits per heavy atom. The van der Waals surface area contributed by atoms with Crippen molar-refractivity contribution in [1.82, 2.24) is 5.32 Å². The van der Waals surface area contributed by atoms with Crippen LogP contribution in [0.5, 0.6) is 0 Å². The summed E-state index contributed by atoms with van der Waals surface area (Å²) in [6.45, 7) is 2.45. The molecule has 0 aromatic heterocycles. The van der Waals surface area contributed by atoms with Gasteiger partial charge >= 0.3 is 0 Å². The van der Waals surface area contributed by atoms with Crippen LogP contribution in [0.25, 0.3) is 0 Å². The third-order valence-corrected chi connectivity index (χ3v) is 3.11. The normalized spacial score (nSPS) is 11.4. The molecule has 0 saturated heterocycles. The fourth-order valence-electron chi connectivity index (χ4n) is 1.93. The smallest absolute Gasteiger partial charge is 0.242 e. The highest BCUT2D eigenvalue weighted by Crippen LogP contribution is 2.14. The Morgan fingerprint density at radius 3 is 2.40 bits per heavy atom. The number of nitrogens with zero attached hydrogens (tertiary/aromatic N) is 1. The van der Waals surface area contributed by atoms with E-state index < -0.39 is 5.92 Å². The van der Waals surface area contributed by atoms with Gasteiger partial charge < -0.3 is 5.32 Å². The Balaban J connectivity index is 2.00. The molecule has 0 aliphatic heterocycles. The molecule has 0 radical (unpaired) electrons. The number of nitriles is 1. The molecule has 2 aromatic carbocycles. The fraction of sp³-hybridized carbons (Fsp3) is 0.176. The second-order valence-electron chi connectivity index (χ2n) is 4.68. The molecule has 0 saturated carbocycles. The van der Waals surface area contributed by atoms with Gasteiger partial charge in [0.15, 0.2) is 0 Å². The van der Waals surface area contributed by atoms with E-state index in [1.54, 1.807) is 12.1 Å². The number of rotatable bonds is 4. The zero-order valence-electron chi connectivity index (χ0n) is 11.3. The van der Waals surface area contributed by atoms with Crippen LogP contribution in [0.15, 0.2) is 54.6 Å². The summed E-state index contributed by atoms with van der Waals surface area (Å²) in [6, 6.07) is 19.1. The highest BCUT2D eigenvalue weighted by atomic mass is 16.1. The number of hydrogen-bond donors (Lipinski definition) is 1. The van der Waals surface area contributed by atoms with E-state index in [2.05, 4.69) is 11.4 Å². The SMILES string of the molecule is Cc1ccc(CNC(=O)C(C#N)c2ccccc2)cc1. The second kappa shape index (κ2) is 6.53. The average molecular weight is 264 g/mol. The lowest BCUT2D eigenvalue weighted by Crippen LogP contribution is -2.28. The van der Waals surface area contributed by atoms with E-state index in [-0.39, 0.29) is 5.91 Å². The molecule has 0 bridgehead atoms. The first kappa shape index (κ1) is 13.8. The summed E-state index contributed by atoms with van der Waals surface area (Å²) in [4.78, 5) is 12.1. The largest absolute Gasteiger partial charge is 0.351 e. The number of amides is 1. The van der Waals surface area contributed by atoms with Gasteiger partial charge in [-0.25, -0.2) is 0 Å². The van der Waals surface area contributed by atoms with Gasteiger partial charge in [-0.2, -0.15) is 5.26 Å². The van der Waals surface area contributed by atoms with E-state index >= 15 is 0 Å². The molecule has 3 nitrogen and oxygen atoms in total. The zero-order valence-corrected chi connectivity index (χ0v) is 11.3. The van der Waals surface area contributed by atoms with Crippen molar-refractivity contribution in [2.75, 3.05) is 0 Å². The number of nitrogens with one attached hydrogen (secondary N) is 1. The lowest BCUT2D eigenvalue weighted by Gasteiger charge is -2.10. The Labute approximate surface area is 118 Å². The van der Waals surface area contributed by atoms with Crippen LogP contribution in [-0.4, -0.2) is 5.91 Å². The van der Waals surface area contributed by atoms with Gasteiger partial charge in [0.25, 0.3) is 0 Å². The molecule has 1 atom stereocenters. The molecule has 0 fully saturated rings. The van der Waals surface area contributed by atoms with E-state index in [0.29, 0.717) is 6.54 Å². The summed E-state index contributed by atoms with van der Waals surface area (Å²) >= 11 is 0. The van der Waals surface area contributed by atoms with E-state index in [1.165, 1.54) is 5.56 Å². The maximum Gasteiger partial charge on any atom is 0.242 e. The lowest BCUT2D eigenvalue weighted by atomic mass is 10.00. The third-order valence-electron chi connectivity index (χ3n) is 3.11. The van der Waals surface area contributed by atoms with E-state index in [1.807, 2.05) is 49.4 Å². The molecule has 0 aliphatic rings. The standard InChI is InChI=1S/C17H16N2O/c1-13-7-9-14(10-8-13)12-19-17(20)16(11-18)15-5-3-2-4-6-15/h2-10,16H,12H2,1H3,(H,19,20). The minimum atomic E-state index is -0.762. The zero-order chi connectivity index (χ0) is 14.4. The van der Waals surface area contributed by atoms with Crippen LogP contribution >= 0.6 is 0 Å². The molecule has 20 heavy (non-hydrogen) atoms.